The molecule has 0 heterocycles. The third kappa shape index (κ3) is 1.87. The topological polar surface area (TPSA) is 44.5 Å². The van der Waals surface area contributed by atoms with Gasteiger partial charge in [0.25, 0.3) is 0 Å². The molecule has 1 aliphatic rings. The predicted octanol–water partition coefficient (Wildman–Crippen LogP) is 2.37. The van der Waals surface area contributed by atoms with Gasteiger partial charge in [0.05, 0.1) is 19.1 Å². The third-order valence-corrected chi connectivity index (χ3v) is 3.76. The van der Waals surface area contributed by atoms with Gasteiger partial charge in [0.2, 0.25) is 0 Å². The molecule has 0 unspecified atom stereocenters. The maximum absolute atomic E-state index is 6.25. The number of ether oxygens (including phenoxy) is 2. The smallest absolute Gasteiger partial charge is 0.137 e. The van der Waals surface area contributed by atoms with E-state index >= 15 is 0 Å². The SMILES string of the molecule is COc1cc(SC)c(OC)c(C2(N)CC2)c1. The fourth-order valence-corrected chi connectivity index (χ4v) is 2.44. The van der Waals surface area contributed by atoms with Crippen LogP contribution in [-0.4, -0.2) is 20.5 Å². The summed E-state index contributed by atoms with van der Waals surface area (Å²) in [5.74, 6) is 1.74. The van der Waals surface area contributed by atoms with Gasteiger partial charge in [-0.25, -0.2) is 0 Å². The normalized spacial score (nSPS) is 17.0. The second-order valence-electron chi connectivity index (χ2n) is 4.07. The quantitative estimate of drug-likeness (QED) is 0.819. The van der Waals surface area contributed by atoms with Gasteiger partial charge in [-0.2, -0.15) is 0 Å². The maximum atomic E-state index is 6.25. The highest BCUT2D eigenvalue weighted by molar-refractivity contribution is 7.98. The molecule has 16 heavy (non-hydrogen) atoms. The lowest BCUT2D eigenvalue weighted by atomic mass is 10.0. The summed E-state index contributed by atoms with van der Waals surface area (Å²) in [5, 5.41) is 0. The fourth-order valence-electron chi connectivity index (χ4n) is 1.83. The van der Waals surface area contributed by atoms with E-state index in [0.29, 0.717) is 0 Å². The highest BCUT2D eigenvalue weighted by Crippen LogP contribution is 2.50. The number of benzene rings is 1. The van der Waals surface area contributed by atoms with Gasteiger partial charge in [-0.15, -0.1) is 11.8 Å². The molecule has 0 saturated heterocycles. The Kier molecular flexibility index (Phi) is 3.04. The van der Waals surface area contributed by atoms with E-state index in [1.165, 1.54) is 0 Å². The largest absolute Gasteiger partial charge is 0.497 e. The molecule has 0 bridgehead atoms. The van der Waals surface area contributed by atoms with Crippen LogP contribution in [-0.2, 0) is 5.54 Å². The molecule has 1 saturated carbocycles. The van der Waals surface area contributed by atoms with Crippen molar-refractivity contribution in [3.63, 3.8) is 0 Å². The standard InChI is InChI=1S/C12H17NO2S/c1-14-8-6-9(12(13)4-5-12)11(15-2)10(7-8)16-3/h6-7H,4-5,13H2,1-3H3. The van der Waals surface area contributed by atoms with E-state index < -0.39 is 0 Å². The van der Waals surface area contributed by atoms with Crippen molar-refractivity contribution in [3.8, 4) is 11.5 Å². The molecule has 0 aromatic heterocycles. The van der Waals surface area contributed by atoms with E-state index in [1.54, 1.807) is 26.0 Å². The number of nitrogens with two attached hydrogens (primary N) is 1. The Morgan fingerprint density at radius 1 is 1.25 bits per heavy atom. The van der Waals surface area contributed by atoms with Crippen LogP contribution in [0.2, 0.25) is 0 Å². The molecule has 88 valence electrons. The van der Waals surface area contributed by atoms with Crippen molar-refractivity contribution >= 4 is 11.8 Å². The summed E-state index contributed by atoms with van der Waals surface area (Å²) in [6.45, 7) is 0. The first kappa shape index (κ1) is 11.6. The van der Waals surface area contributed by atoms with Gasteiger partial charge in [0, 0.05) is 11.1 Å². The van der Waals surface area contributed by atoms with Crippen molar-refractivity contribution in [3.05, 3.63) is 17.7 Å². The first-order chi connectivity index (χ1) is 7.64. The van der Waals surface area contributed by atoms with Crippen LogP contribution in [0.4, 0.5) is 0 Å². The van der Waals surface area contributed by atoms with Crippen molar-refractivity contribution in [1.29, 1.82) is 0 Å². The number of methoxy groups -OCH3 is 2. The minimum absolute atomic E-state index is 0.204. The molecule has 1 aromatic rings. The minimum atomic E-state index is -0.204. The van der Waals surface area contributed by atoms with Crippen molar-refractivity contribution in [2.45, 2.75) is 23.3 Å². The second kappa shape index (κ2) is 4.18. The lowest BCUT2D eigenvalue weighted by Crippen LogP contribution is -2.20. The summed E-state index contributed by atoms with van der Waals surface area (Å²) in [5.41, 5.74) is 7.11. The molecule has 0 radical (unpaired) electrons. The van der Waals surface area contributed by atoms with Gasteiger partial charge < -0.3 is 15.2 Å². The monoisotopic (exact) mass is 239 g/mol. The zero-order chi connectivity index (χ0) is 11.8. The van der Waals surface area contributed by atoms with Crippen LogP contribution in [0.5, 0.6) is 11.5 Å². The number of hydrogen-bond acceptors (Lipinski definition) is 4. The van der Waals surface area contributed by atoms with Crippen LogP contribution in [0.15, 0.2) is 17.0 Å². The van der Waals surface area contributed by atoms with Gasteiger partial charge in [-0.05, 0) is 31.2 Å². The molecule has 0 spiro atoms. The number of thioether (sulfide) groups is 1. The molecular weight excluding hydrogens is 222 g/mol. The van der Waals surface area contributed by atoms with Crippen LogP contribution in [0.25, 0.3) is 0 Å². The molecule has 0 amide bonds. The van der Waals surface area contributed by atoms with E-state index in [9.17, 15) is 0 Å². The van der Waals surface area contributed by atoms with Gasteiger partial charge in [-0.1, -0.05) is 0 Å². The average molecular weight is 239 g/mol. The van der Waals surface area contributed by atoms with Gasteiger partial charge >= 0.3 is 0 Å². The number of rotatable bonds is 4. The number of hydrogen-bond donors (Lipinski definition) is 1. The lowest BCUT2D eigenvalue weighted by Gasteiger charge is -2.18. The fraction of sp³-hybridized carbons (Fsp3) is 0.500. The Morgan fingerprint density at radius 3 is 2.38 bits per heavy atom. The van der Waals surface area contributed by atoms with E-state index in [1.807, 2.05) is 18.4 Å². The van der Waals surface area contributed by atoms with Crippen molar-refractivity contribution in [2.24, 2.45) is 5.73 Å². The zero-order valence-electron chi connectivity index (χ0n) is 9.87. The van der Waals surface area contributed by atoms with Crippen LogP contribution in [0.1, 0.15) is 18.4 Å². The van der Waals surface area contributed by atoms with Gasteiger partial charge in [0.15, 0.2) is 0 Å². The molecular formula is C12H17NO2S. The summed E-state index contributed by atoms with van der Waals surface area (Å²) in [6, 6.07) is 3.98. The van der Waals surface area contributed by atoms with Crippen LogP contribution >= 0.6 is 11.8 Å². The summed E-state index contributed by atoms with van der Waals surface area (Å²) >= 11 is 1.65. The maximum Gasteiger partial charge on any atom is 0.137 e. The first-order valence-corrected chi connectivity index (χ1v) is 6.46. The summed E-state index contributed by atoms with van der Waals surface area (Å²) in [7, 11) is 3.36. The Balaban J connectivity index is 2.55. The molecule has 1 aromatic carbocycles. The Bertz CT molecular complexity index is 402. The Hall–Kier alpha value is -0.870. The zero-order valence-corrected chi connectivity index (χ0v) is 10.7. The van der Waals surface area contributed by atoms with E-state index in [2.05, 4.69) is 0 Å². The van der Waals surface area contributed by atoms with E-state index in [4.69, 9.17) is 15.2 Å². The van der Waals surface area contributed by atoms with Crippen LogP contribution in [0, 0.1) is 0 Å². The molecule has 3 nitrogen and oxygen atoms in total. The summed E-state index contributed by atoms with van der Waals surface area (Å²) < 4.78 is 10.8. The Morgan fingerprint density at radius 2 is 1.94 bits per heavy atom. The lowest BCUT2D eigenvalue weighted by molar-refractivity contribution is 0.384. The molecule has 2 N–H and O–H groups in total. The highest BCUT2D eigenvalue weighted by atomic mass is 32.2. The molecule has 2 rings (SSSR count). The highest BCUT2D eigenvalue weighted by Gasteiger charge is 2.43. The summed E-state index contributed by atoms with van der Waals surface area (Å²) in [6.07, 6.45) is 4.06. The van der Waals surface area contributed by atoms with E-state index in [-0.39, 0.29) is 5.54 Å². The van der Waals surface area contributed by atoms with E-state index in [0.717, 1.165) is 34.8 Å². The van der Waals surface area contributed by atoms with Gasteiger partial charge in [0.1, 0.15) is 11.5 Å². The van der Waals surface area contributed by atoms with Crippen molar-refractivity contribution < 1.29 is 9.47 Å². The molecule has 0 atom stereocenters. The average Bonchev–Trinajstić information content (AvgIpc) is 3.06. The van der Waals surface area contributed by atoms with Crippen molar-refractivity contribution in [1.82, 2.24) is 0 Å². The molecule has 1 aliphatic carbocycles. The summed E-state index contributed by atoms with van der Waals surface area (Å²) in [4.78, 5) is 1.08. The molecule has 4 heteroatoms. The predicted molar refractivity (Wildman–Crippen MR) is 66.4 cm³/mol. The second-order valence-corrected chi connectivity index (χ2v) is 4.91. The minimum Gasteiger partial charge on any atom is -0.497 e. The van der Waals surface area contributed by atoms with Crippen LogP contribution < -0.4 is 15.2 Å². The molecule has 1 fully saturated rings. The van der Waals surface area contributed by atoms with Crippen LogP contribution in [0.3, 0.4) is 0 Å². The molecule has 0 aliphatic heterocycles. The Labute approximate surface area is 100 Å². The van der Waals surface area contributed by atoms with Crippen molar-refractivity contribution in [2.75, 3.05) is 20.5 Å². The van der Waals surface area contributed by atoms with Gasteiger partial charge in [-0.3, -0.25) is 0 Å². The first-order valence-electron chi connectivity index (χ1n) is 5.24. The third-order valence-electron chi connectivity index (χ3n) is 3.01.